The van der Waals surface area contributed by atoms with Crippen LogP contribution in [0, 0.1) is 11.8 Å². The second kappa shape index (κ2) is 7.33. The van der Waals surface area contributed by atoms with Gasteiger partial charge in [-0.15, -0.1) is 0 Å². The third-order valence-corrected chi connectivity index (χ3v) is 3.25. The Bertz CT molecular complexity index is 296. The summed E-state index contributed by atoms with van der Waals surface area (Å²) in [6, 6.07) is 0.0277. The minimum atomic E-state index is -0.872. The largest absolute Gasteiger partial charge is 0.481 e. The van der Waals surface area contributed by atoms with E-state index in [1.165, 1.54) is 0 Å². The number of rotatable bonds is 7. The Morgan fingerprint density at radius 1 is 1.39 bits per heavy atom. The van der Waals surface area contributed by atoms with Crippen LogP contribution in [0.25, 0.3) is 0 Å². The van der Waals surface area contributed by atoms with Gasteiger partial charge >= 0.3 is 5.97 Å². The molecule has 1 amide bonds. The molecule has 18 heavy (non-hydrogen) atoms. The number of carbonyl (C=O) groups excluding carboxylic acids is 1. The normalized spacial score (nSPS) is 24.8. The first-order valence-electron chi connectivity index (χ1n) is 6.41. The molecular weight excluding hydrogens is 236 g/mol. The van der Waals surface area contributed by atoms with Crippen molar-refractivity contribution in [1.82, 2.24) is 10.6 Å². The highest BCUT2D eigenvalue weighted by molar-refractivity contribution is 5.80. The number of likely N-dealkylation sites (N-methyl/N-ethyl adjacent to an activating group) is 1. The van der Waals surface area contributed by atoms with Crippen molar-refractivity contribution in [2.24, 2.45) is 11.8 Å². The maximum atomic E-state index is 11.9. The van der Waals surface area contributed by atoms with Crippen molar-refractivity contribution < 1.29 is 19.4 Å². The summed E-state index contributed by atoms with van der Waals surface area (Å²) in [7, 11) is 0. The van der Waals surface area contributed by atoms with Gasteiger partial charge in [0.05, 0.1) is 25.0 Å². The lowest BCUT2D eigenvalue weighted by molar-refractivity contribution is -0.141. The third kappa shape index (κ3) is 3.96. The fraction of sp³-hybridized carbons (Fsp3) is 0.833. The van der Waals surface area contributed by atoms with Gasteiger partial charge in [-0.3, -0.25) is 9.59 Å². The quantitative estimate of drug-likeness (QED) is 0.590. The number of ether oxygens (including phenoxy) is 1. The number of hydrogen-bond acceptors (Lipinski definition) is 4. The van der Waals surface area contributed by atoms with Crippen LogP contribution in [0.2, 0.25) is 0 Å². The molecule has 1 aliphatic heterocycles. The molecular formula is C12H22N2O4. The van der Waals surface area contributed by atoms with E-state index in [4.69, 9.17) is 9.84 Å². The number of aliphatic carboxylic acids is 1. The lowest BCUT2D eigenvalue weighted by Gasteiger charge is -2.19. The summed E-state index contributed by atoms with van der Waals surface area (Å²) in [6.07, 6.45) is 0.507. The van der Waals surface area contributed by atoms with Crippen LogP contribution in [0.15, 0.2) is 0 Å². The third-order valence-electron chi connectivity index (χ3n) is 3.25. The van der Waals surface area contributed by atoms with Crippen LogP contribution in [0.3, 0.4) is 0 Å². The van der Waals surface area contributed by atoms with Gasteiger partial charge in [0.25, 0.3) is 0 Å². The van der Waals surface area contributed by atoms with Gasteiger partial charge in [0.1, 0.15) is 0 Å². The Kier molecular flexibility index (Phi) is 6.07. The monoisotopic (exact) mass is 258 g/mol. The van der Waals surface area contributed by atoms with E-state index in [2.05, 4.69) is 10.6 Å². The van der Waals surface area contributed by atoms with Crippen LogP contribution < -0.4 is 10.6 Å². The fourth-order valence-corrected chi connectivity index (χ4v) is 2.04. The standard InChI is InChI=1S/C12H22N2O4/c1-3-8(12(16)17)5-14-11(15)9-6-18-7-10(9)13-4-2/h8-10,13H,3-7H2,1-2H3,(H,14,15)(H,16,17). The number of nitrogens with one attached hydrogen (secondary N) is 2. The van der Waals surface area contributed by atoms with E-state index in [0.717, 1.165) is 6.54 Å². The highest BCUT2D eigenvalue weighted by atomic mass is 16.5. The predicted molar refractivity (Wildman–Crippen MR) is 66.2 cm³/mol. The second-order valence-corrected chi connectivity index (χ2v) is 4.50. The van der Waals surface area contributed by atoms with Crippen molar-refractivity contribution in [1.29, 1.82) is 0 Å². The topological polar surface area (TPSA) is 87.7 Å². The Labute approximate surface area is 107 Å². The van der Waals surface area contributed by atoms with Gasteiger partial charge in [-0.2, -0.15) is 0 Å². The van der Waals surface area contributed by atoms with Crippen molar-refractivity contribution in [2.75, 3.05) is 26.3 Å². The fourth-order valence-electron chi connectivity index (χ4n) is 2.04. The maximum Gasteiger partial charge on any atom is 0.308 e. The summed E-state index contributed by atoms with van der Waals surface area (Å²) in [4.78, 5) is 22.8. The highest BCUT2D eigenvalue weighted by Crippen LogP contribution is 2.14. The molecule has 3 N–H and O–H groups in total. The molecule has 1 saturated heterocycles. The molecule has 6 heteroatoms. The molecule has 1 rings (SSSR count). The van der Waals surface area contributed by atoms with Gasteiger partial charge in [0.15, 0.2) is 0 Å². The van der Waals surface area contributed by atoms with Gasteiger partial charge in [0.2, 0.25) is 5.91 Å². The number of carboxylic acid groups (broad SMARTS) is 1. The van der Waals surface area contributed by atoms with Gasteiger partial charge < -0.3 is 20.5 Å². The first kappa shape index (κ1) is 14.9. The summed E-state index contributed by atoms with van der Waals surface area (Å²) < 4.78 is 5.28. The molecule has 3 atom stereocenters. The van der Waals surface area contributed by atoms with Crippen LogP contribution in [0.5, 0.6) is 0 Å². The van der Waals surface area contributed by atoms with Crippen molar-refractivity contribution in [2.45, 2.75) is 26.3 Å². The lowest BCUT2D eigenvalue weighted by Crippen LogP contribution is -2.45. The van der Waals surface area contributed by atoms with Crippen LogP contribution in [-0.4, -0.2) is 49.3 Å². The Morgan fingerprint density at radius 3 is 2.67 bits per heavy atom. The molecule has 0 radical (unpaired) electrons. The zero-order chi connectivity index (χ0) is 13.5. The molecule has 0 aromatic rings. The van der Waals surface area contributed by atoms with Crippen LogP contribution in [0.1, 0.15) is 20.3 Å². The van der Waals surface area contributed by atoms with Crippen molar-refractivity contribution in [3.05, 3.63) is 0 Å². The molecule has 0 saturated carbocycles. The van der Waals surface area contributed by atoms with E-state index in [0.29, 0.717) is 19.6 Å². The van der Waals surface area contributed by atoms with E-state index in [9.17, 15) is 9.59 Å². The minimum Gasteiger partial charge on any atom is -0.481 e. The summed E-state index contributed by atoms with van der Waals surface area (Å²) >= 11 is 0. The van der Waals surface area contributed by atoms with E-state index < -0.39 is 11.9 Å². The summed E-state index contributed by atoms with van der Waals surface area (Å²) in [6.45, 7) is 5.66. The summed E-state index contributed by atoms with van der Waals surface area (Å²) in [5.41, 5.74) is 0. The lowest BCUT2D eigenvalue weighted by atomic mass is 10.0. The Balaban J connectivity index is 2.42. The predicted octanol–water partition coefficient (Wildman–Crippen LogP) is -0.162. The second-order valence-electron chi connectivity index (χ2n) is 4.50. The SMILES string of the molecule is CCNC1COCC1C(=O)NCC(CC)C(=O)O. The molecule has 0 bridgehead atoms. The van der Waals surface area contributed by atoms with E-state index in [-0.39, 0.29) is 24.4 Å². The van der Waals surface area contributed by atoms with E-state index >= 15 is 0 Å². The number of amides is 1. The van der Waals surface area contributed by atoms with Gasteiger partial charge in [0, 0.05) is 12.6 Å². The molecule has 0 aliphatic carbocycles. The number of hydrogen-bond donors (Lipinski definition) is 3. The molecule has 1 aliphatic rings. The minimum absolute atomic E-state index is 0.0277. The number of carboxylic acids is 1. The molecule has 3 unspecified atom stereocenters. The van der Waals surface area contributed by atoms with Crippen LogP contribution in [-0.2, 0) is 14.3 Å². The number of carbonyl (C=O) groups is 2. The highest BCUT2D eigenvalue weighted by Gasteiger charge is 2.33. The molecule has 6 nitrogen and oxygen atoms in total. The molecule has 104 valence electrons. The van der Waals surface area contributed by atoms with E-state index in [1.54, 1.807) is 6.92 Å². The molecule has 0 aromatic carbocycles. The van der Waals surface area contributed by atoms with Crippen molar-refractivity contribution in [3.8, 4) is 0 Å². The Morgan fingerprint density at radius 2 is 2.11 bits per heavy atom. The maximum absolute atomic E-state index is 11.9. The summed E-state index contributed by atoms with van der Waals surface area (Å²) in [5, 5.41) is 14.8. The molecule has 1 fully saturated rings. The summed E-state index contributed by atoms with van der Waals surface area (Å²) in [5.74, 6) is -1.74. The van der Waals surface area contributed by atoms with E-state index in [1.807, 2.05) is 6.92 Å². The van der Waals surface area contributed by atoms with Crippen LogP contribution >= 0.6 is 0 Å². The van der Waals surface area contributed by atoms with Crippen molar-refractivity contribution in [3.63, 3.8) is 0 Å². The molecule has 0 aromatic heterocycles. The van der Waals surface area contributed by atoms with Gasteiger partial charge in [-0.1, -0.05) is 13.8 Å². The Hall–Kier alpha value is -1.14. The first-order chi connectivity index (χ1) is 8.60. The van der Waals surface area contributed by atoms with Gasteiger partial charge in [-0.25, -0.2) is 0 Å². The van der Waals surface area contributed by atoms with Crippen molar-refractivity contribution >= 4 is 11.9 Å². The zero-order valence-corrected chi connectivity index (χ0v) is 10.9. The van der Waals surface area contributed by atoms with Gasteiger partial charge in [-0.05, 0) is 13.0 Å². The molecule has 0 spiro atoms. The van der Waals surface area contributed by atoms with Crippen LogP contribution in [0.4, 0.5) is 0 Å². The average Bonchev–Trinajstić information content (AvgIpc) is 2.78. The first-order valence-corrected chi connectivity index (χ1v) is 6.41. The molecule has 1 heterocycles. The zero-order valence-electron chi connectivity index (χ0n) is 10.9. The average molecular weight is 258 g/mol. The smallest absolute Gasteiger partial charge is 0.308 e.